The summed E-state index contributed by atoms with van der Waals surface area (Å²) in [7, 11) is 0. The molecule has 0 spiro atoms. The number of anilines is 6. The van der Waals surface area contributed by atoms with Gasteiger partial charge in [0.1, 0.15) is 0 Å². The highest BCUT2D eigenvalue weighted by Gasteiger charge is 2.33. The number of benzene rings is 12. The van der Waals surface area contributed by atoms with Crippen molar-refractivity contribution in [3.05, 3.63) is 306 Å². The highest BCUT2D eigenvalue weighted by Crippen LogP contribution is 2.55. The highest BCUT2D eigenvalue weighted by molar-refractivity contribution is 6.10. The Morgan fingerprint density at radius 3 is 1.20 bits per heavy atom. The van der Waals surface area contributed by atoms with Gasteiger partial charge in [0, 0.05) is 61.5 Å². The van der Waals surface area contributed by atoms with E-state index in [9.17, 15) is 12.1 Å². The molecule has 1 heterocycles. The molecule has 4 nitrogen and oxygen atoms in total. The molecule has 0 aliphatic heterocycles. The van der Waals surface area contributed by atoms with Gasteiger partial charge in [0.25, 0.3) is 0 Å². The van der Waals surface area contributed by atoms with Gasteiger partial charge in [0.15, 0.2) is 0 Å². The lowest BCUT2D eigenvalue weighted by Gasteiger charge is -2.37. The van der Waals surface area contributed by atoms with Gasteiger partial charge in [-0.2, -0.15) is 5.26 Å². The van der Waals surface area contributed by atoms with Crippen molar-refractivity contribution in [2.75, 3.05) is 9.80 Å². The molecule has 0 fully saturated rings. The topological polar surface area (TPSA) is 35.2 Å². The highest BCUT2D eigenvalue weighted by atomic mass is 15.2. The molecule has 97 heavy (non-hydrogen) atoms. The minimum atomic E-state index is -0.515. The van der Waals surface area contributed by atoms with Gasteiger partial charge in [0.2, 0.25) is 0 Å². The lowest BCUT2D eigenvalue weighted by atomic mass is 9.76. The molecular formula is C93H90N4. The molecular weight excluding hydrogens is 1170 g/mol. The van der Waals surface area contributed by atoms with E-state index in [4.69, 9.17) is 2.74 Å². The quantitative estimate of drug-likeness (QED) is 0.122. The van der Waals surface area contributed by atoms with Crippen molar-refractivity contribution in [3.8, 4) is 67.4 Å². The van der Waals surface area contributed by atoms with Crippen LogP contribution in [0.5, 0.6) is 0 Å². The molecule has 482 valence electrons. The van der Waals surface area contributed by atoms with Crippen molar-refractivity contribution in [3.63, 3.8) is 0 Å². The summed E-state index contributed by atoms with van der Waals surface area (Å²) < 4.78 is 67.5. The summed E-state index contributed by atoms with van der Waals surface area (Å²) in [5.41, 5.74) is 19.7. The number of rotatable bonds is 12. The van der Waals surface area contributed by atoms with Crippen molar-refractivity contribution in [1.29, 1.82) is 5.26 Å². The first-order valence-electron chi connectivity index (χ1n) is 37.3. The van der Waals surface area contributed by atoms with Gasteiger partial charge >= 0.3 is 0 Å². The van der Waals surface area contributed by atoms with E-state index in [1.165, 1.54) is 22.3 Å². The fourth-order valence-corrected chi connectivity index (χ4v) is 13.6. The van der Waals surface area contributed by atoms with Crippen LogP contribution in [0.2, 0.25) is 0 Å². The second-order valence-corrected chi connectivity index (χ2v) is 30.9. The van der Waals surface area contributed by atoms with Crippen LogP contribution in [0.3, 0.4) is 0 Å². The van der Waals surface area contributed by atoms with E-state index in [1.807, 2.05) is 36.4 Å². The van der Waals surface area contributed by atoms with Crippen LogP contribution in [0, 0.1) is 11.3 Å². The van der Waals surface area contributed by atoms with Gasteiger partial charge in [0.05, 0.1) is 43.6 Å². The van der Waals surface area contributed by atoms with Crippen molar-refractivity contribution in [2.24, 2.45) is 0 Å². The van der Waals surface area contributed by atoms with Gasteiger partial charge in [-0.25, -0.2) is 0 Å². The number of para-hydroxylation sites is 1. The van der Waals surface area contributed by atoms with Gasteiger partial charge in [-0.1, -0.05) is 280 Å². The summed E-state index contributed by atoms with van der Waals surface area (Å²) >= 11 is 0. The van der Waals surface area contributed by atoms with Crippen molar-refractivity contribution < 1.29 is 9.60 Å². The van der Waals surface area contributed by atoms with E-state index in [1.54, 1.807) is 4.57 Å². The van der Waals surface area contributed by atoms with Crippen LogP contribution in [0.4, 0.5) is 34.1 Å². The zero-order valence-electron chi connectivity index (χ0n) is 65.7. The SMILES string of the molecule is [2H]c1c([2H])c([2H])c2c(c1[2H])c1c([2H])c(C#N)c([2H])c([2H])c1n2-c1cccc(N(c2cc(N(c3ccc(-c4ccccc4C(C)(C)C)c(C(C)(C)C)c3)c3c(-c4ccccc4)cc(C(C)(C)C)cc3-c3ccccc3)cc(C(C)(C)C)c2)c2c(-c3ccccc3)cc(C(C)(C)C)cc2-c2ccccc2)c1. The van der Waals surface area contributed by atoms with Crippen LogP contribution < -0.4 is 9.80 Å². The average Bonchev–Trinajstić information content (AvgIpc) is 1.50. The Bertz CT molecular complexity index is 5420. The fraction of sp³-hybridized carbons (Fsp3) is 0.215. The summed E-state index contributed by atoms with van der Waals surface area (Å²) in [4.78, 5) is 4.85. The molecule has 0 bridgehead atoms. The van der Waals surface area contributed by atoms with Crippen LogP contribution in [-0.2, 0) is 27.1 Å². The van der Waals surface area contributed by atoms with Crippen molar-refractivity contribution in [2.45, 2.75) is 131 Å². The maximum absolute atomic E-state index is 10.5. The first kappa shape index (κ1) is 56.8. The van der Waals surface area contributed by atoms with Gasteiger partial charge in [-0.3, -0.25) is 0 Å². The number of fused-ring (bicyclic) bond motifs is 3. The number of aromatic nitrogens is 1. The third-order valence-electron chi connectivity index (χ3n) is 18.7. The first-order valence-corrected chi connectivity index (χ1v) is 33.8. The van der Waals surface area contributed by atoms with Gasteiger partial charge in [-0.05, 0) is 185 Å². The maximum atomic E-state index is 10.5. The minimum Gasteiger partial charge on any atom is -0.309 e. The van der Waals surface area contributed by atoms with Crippen LogP contribution in [0.15, 0.2) is 273 Å². The fourth-order valence-electron chi connectivity index (χ4n) is 13.6. The Balaban J connectivity index is 1.24. The number of nitriles is 1. The minimum absolute atomic E-state index is 0.00810. The van der Waals surface area contributed by atoms with Crippen LogP contribution in [0.25, 0.3) is 83.1 Å². The van der Waals surface area contributed by atoms with E-state index in [0.717, 1.165) is 89.6 Å². The van der Waals surface area contributed by atoms with Gasteiger partial charge < -0.3 is 14.4 Å². The van der Waals surface area contributed by atoms with E-state index < -0.39 is 29.6 Å². The Labute approximate surface area is 586 Å². The molecule has 0 radical (unpaired) electrons. The Morgan fingerprint density at radius 2 is 0.742 bits per heavy atom. The summed E-state index contributed by atoms with van der Waals surface area (Å²) in [6, 6.07) is 81.7. The molecule has 0 atom stereocenters. The Hall–Kier alpha value is -10.5. The lowest BCUT2D eigenvalue weighted by molar-refractivity contribution is 0.585. The molecule has 0 amide bonds. The third-order valence-corrected chi connectivity index (χ3v) is 18.7. The lowest BCUT2D eigenvalue weighted by Crippen LogP contribution is -2.21. The molecule has 13 aromatic rings. The van der Waals surface area contributed by atoms with E-state index in [-0.39, 0.29) is 67.2 Å². The standard InChI is InChI=1S/C93H90N4/c1-89(2,3)67-52-73(95(70-41-32-42-71(58-70)97-85-46-31-29-44-77(85)82-51-62(61-94)47-50-86(82)97)87-78(63-33-20-16-21-34-63)54-68(90(4,5)6)55-79(87)64-35-22-17-23-36-64)59-74(53-67)96(72-48-49-76(84(60-72)93(13,14)15)75-43-28-30-45-83(75)92(10,11)12)88-80(65-37-24-18-25-38-65)56-69(91(7,8)9)57-81(88)66-39-26-19-27-40-66/h16-60H,1-15H3/i29D,31D,44D,46D,47D,50D,51D. The molecule has 12 aromatic carbocycles. The molecule has 4 heteroatoms. The summed E-state index contributed by atoms with van der Waals surface area (Å²) in [6.07, 6.45) is 0. The van der Waals surface area contributed by atoms with E-state index >= 15 is 0 Å². The molecule has 0 unspecified atom stereocenters. The molecule has 1 aromatic heterocycles. The van der Waals surface area contributed by atoms with Crippen LogP contribution in [-0.4, -0.2) is 4.57 Å². The monoisotopic (exact) mass is 1270 g/mol. The summed E-state index contributed by atoms with van der Waals surface area (Å²) in [5, 5.41) is 10.5. The summed E-state index contributed by atoms with van der Waals surface area (Å²) in [6.45, 7) is 34.2. The maximum Gasteiger partial charge on any atom is 0.0991 e. The first-order chi connectivity index (χ1) is 49.2. The number of hydrogen-bond donors (Lipinski definition) is 0. The van der Waals surface area contributed by atoms with E-state index in [2.05, 4.69) is 314 Å². The summed E-state index contributed by atoms with van der Waals surface area (Å²) in [5.74, 6) is 0. The van der Waals surface area contributed by atoms with Crippen molar-refractivity contribution >= 4 is 55.9 Å². The molecule has 0 N–H and O–H groups in total. The predicted octanol–water partition coefficient (Wildman–Crippen LogP) is 26.4. The number of hydrogen-bond acceptors (Lipinski definition) is 3. The molecule has 0 saturated carbocycles. The van der Waals surface area contributed by atoms with E-state index in [0.29, 0.717) is 11.4 Å². The second kappa shape index (κ2) is 25.3. The smallest absolute Gasteiger partial charge is 0.0991 e. The van der Waals surface area contributed by atoms with Crippen LogP contribution >= 0.6 is 0 Å². The second-order valence-electron chi connectivity index (χ2n) is 30.9. The number of nitrogens with zero attached hydrogens (tertiary/aromatic N) is 4. The largest absolute Gasteiger partial charge is 0.309 e. The zero-order valence-corrected chi connectivity index (χ0v) is 58.7. The van der Waals surface area contributed by atoms with Crippen LogP contribution in [0.1, 0.15) is 147 Å². The van der Waals surface area contributed by atoms with Gasteiger partial charge in [-0.15, -0.1) is 0 Å². The zero-order chi connectivity index (χ0) is 74.4. The molecule has 0 aliphatic rings. The normalized spacial score (nSPS) is 13.3. The molecule has 0 saturated heterocycles. The Morgan fingerprint density at radius 1 is 0.330 bits per heavy atom. The Kier molecular flexibility index (Phi) is 14.8. The third kappa shape index (κ3) is 12.8. The predicted molar refractivity (Wildman–Crippen MR) is 416 cm³/mol. The molecule has 13 rings (SSSR count). The molecule has 0 aliphatic carbocycles. The van der Waals surface area contributed by atoms with Crippen molar-refractivity contribution in [1.82, 2.24) is 4.57 Å². The average molecular weight is 1270 g/mol.